The number of carbonyl (C=O) groups is 1. The normalized spacial score (nSPS) is 11.6. The Morgan fingerprint density at radius 3 is 2.65 bits per heavy atom. The van der Waals surface area contributed by atoms with E-state index in [9.17, 15) is 9.59 Å². The Hall–Kier alpha value is -2.56. The van der Waals surface area contributed by atoms with Crippen LogP contribution in [0.3, 0.4) is 0 Å². The van der Waals surface area contributed by atoms with Gasteiger partial charge in [0.15, 0.2) is 0 Å². The van der Waals surface area contributed by atoms with E-state index >= 15 is 0 Å². The first-order valence-electron chi connectivity index (χ1n) is 9.07. The maximum absolute atomic E-state index is 12.4. The standard InChI is InChI=1S/C21H25NO4/c1-12(2)7-8-22-20(23)6-5-15-14(4)17-9-16-13(3)11-25-18(16)10-19(17)26-21(15)24/h9-12H,5-8H2,1-4H3,(H,22,23). The van der Waals surface area contributed by atoms with E-state index in [0.717, 1.165) is 28.3 Å². The summed E-state index contributed by atoms with van der Waals surface area (Å²) in [6, 6.07) is 3.75. The topological polar surface area (TPSA) is 72.5 Å². The van der Waals surface area contributed by atoms with Gasteiger partial charge in [-0.2, -0.15) is 0 Å². The molecule has 0 atom stereocenters. The van der Waals surface area contributed by atoms with Crippen molar-refractivity contribution in [3.8, 4) is 0 Å². The molecule has 0 saturated heterocycles. The SMILES string of the molecule is Cc1coc2cc3oc(=O)c(CCC(=O)NCCC(C)C)c(C)c3cc12. The largest absolute Gasteiger partial charge is 0.464 e. The second-order valence-electron chi connectivity index (χ2n) is 7.29. The van der Waals surface area contributed by atoms with Gasteiger partial charge in [0.05, 0.1) is 6.26 Å². The minimum Gasteiger partial charge on any atom is -0.464 e. The van der Waals surface area contributed by atoms with Crippen LogP contribution in [0.2, 0.25) is 0 Å². The molecule has 2 heterocycles. The molecule has 0 unspecified atom stereocenters. The van der Waals surface area contributed by atoms with Crippen molar-refractivity contribution >= 4 is 27.8 Å². The first kappa shape index (κ1) is 18.2. The van der Waals surface area contributed by atoms with Gasteiger partial charge in [0.2, 0.25) is 5.91 Å². The molecule has 0 spiro atoms. The summed E-state index contributed by atoms with van der Waals surface area (Å²) < 4.78 is 11.0. The highest BCUT2D eigenvalue weighted by Gasteiger charge is 2.15. The van der Waals surface area contributed by atoms with E-state index in [1.54, 1.807) is 12.3 Å². The number of amides is 1. The van der Waals surface area contributed by atoms with E-state index in [1.165, 1.54) is 0 Å². The lowest BCUT2D eigenvalue weighted by molar-refractivity contribution is -0.121. The highest BCUT2D eigenvalue weighted by molar-refractivity contribution is 5.96. The lowest BCUT2D eigenvalue weighted by Crippen LogP contribution is -2.26. The van der Waals surface area contributed by atoms with Crippen molar-refractivity contribution < 1.29 is 13.6 Å². The van der Waals surface area contributed by atoms with Crippen molar-refractivity contribution in [3.05, 3.63) is 45.5 Å². The molecule has 0 fully saturated rings. The molecule has 5 nitrogen and oxygen atoms in total. The number of fused-ring (bicyclic) bond motifs is 2. The van der Waals surface area contributed by atoms with Gasteiger partial charge in [-0.15, -0.1) is 0 Å². The molecule has 0 aliphatic carbocycles. The van der Waals surface area contributed by atoms with Crippen LogP contribution in [0.5, 0.6) is 0 Å². The predicted molar refractivity (Wildman–Crippen MR) is 103 cm³/mol. The van der Waals surface area contributed by atoms with Crippen molar-refractivity contribution in [2.24, 2.45) is 5.92 Å². The maximum Gasteiger partial charge on any atom is 0.339 e. The molecule has 138 valence electrons. The van der Waals surface area contributed by atoms with Crippen LogP contribution in [-0.2, 0) is 11.2 Å². The van der Waals surface area contributed by atoms with E-state index in [-0.39, 0.29) is 18.0 Å². The van der Waals surface area contributed by atoms with Gasteiger partial charge >= 0.3 is 5.63 Å². The Labute approximate surface area is 152 Å². The fourth-order valence-electron chi connectivity index (χ4n) is 3.15. The number of nitrogens with one attached hydrogen (secondary N) is 1. The molecule has 0 aliphatic rings. The summed E-state index contributed by atoms with van der Waals surface area (Å²) in [5, 5.41) is 4.80. The van der Waals surface area contributed by atoms with Crippen LogP contribution in [0.15, 0.2) is 32.0 Å². The van der Waals surface area contributed by atoms with Gasteiger partial charge in [0.25, 0.3) is 0 Å². The second-order valence-corrected chi connectivity index (χ2v) is 7.29. The fourth-order valence-corrected chi connectivity index (χ4v) is 3.15. The van der Waals surface area contributed by atoms with E-state index in [2.05, 4.69) is 19.2 Å². The lowest BCUT2D eigenvalue weighted by atomic mass is 10.0. The number of furan rings is 1. The Morgan fingerprint density at radius 1 is 1.15 bits per heavy atom. The monoisotopic (exact) mass is 355 g/mol. The average molecular weight is 355 g/mol. The minimum absolute atomic E-state index is 0.0364. The molecule has 1 aromatic carbocycles. The van der Waals surface area contributed by atoms with Gasteiger partial charge in [-0.1, -0.05) is 13.8 Å². The third-order valence-corrected chi connectivity index (χ3v) is 4.82. The molecule has 3 aromatic rings. The minimum atomic E-state index is -0.382. The van der Waals surface area contributed by atoms with E-state index < -0.39 is 0 Å². The van der Waals surface area contributed by atoms with Gasteiger partial charge < -0.3 is 14.2 Å². The molecule has 1 N–H and O–H groups in total. The second kappa shape index (κ2) is 7.36. The zero-order valence-corrected chi connectivity index (χ0v) is 15.8. The van der Waals surface area contributed by atoms with Crippen LogP contribution in [0, 0.1) is 19.8 Å². The van der Waals surface area contributed by atoms with Crippen molar-refractivity contribution in [2.45, 2.75) is 47.0 Å². The van der Waals surface area contributed by atoms with Crippen LogP contribution in [0.25, 0.3) is 21.9 Å². The van der Waals surface area contributed by atoms with Crippen LogP contribution in [0.4, 0.5) is 0 Å². The summed E-state index contributed by atoms with van der Waals surface area (Å²) in [6.45, 7) is 8.80. The van der Waals surface area contributed by atoms with Crippen LogP contribution >= 0.6 is 0 Å². The molecule has 0 aliphatic heterocycles. The molecule has 3 rings (SSSR count). The van der Waals surface area contributed by atoms with E-state index in [1.807, 2.05) is 19.9 Å². The predicted octanol–water partition coefficient (Wildman–Crippen LogP) is 4.25. The molecule has 1 amide bonds. The van der Waals surface area contributed by atoms with Gasteiger partial charge in [-0.3, -0.25) is 4.79 Å². The summed E-state index contributed by atoms with van der Waals surface area (Å²) in [4.78, 5) is 24.4. The number of carbonyl (C=O) groups excluding carboxylic acids is 1. The summed E-state index contributed by atoms with van der Waals surface area (Å²) >= 11 is 0. The molecular formula is C21H25NO4. The van der Waals surface area contributed by atoms with Crippen molar-refractivity contribution in [3.63, 3.8) is 0 Å². The maximum atomic E-state index is 12.4. The third-order valence-electron chi connectivity index (χ3n) is 4.82. The molecule has 2 aromatic heterocycles. The van der Waals surface area contributed by atoms with Gasteiger partial charge in [0.1, 0.15) is 11.2 Å². The van der Waals surface area contributed by atoms with Gasteiger partial charge in [0, 0.05) is 35.4 Å². The molecule has 26 heavy (non-hydrogen) atoms. The summed E-state index contributed by atoms with van der Waals surface area (Å²) in [6.07, 6.45) is 3.30. The number of hydrogen-bond acceptors (Lipinski definition) is 4. The number of benzene rings is 1. The fraction of sp³-hybridized carbons (Fsp3) is 0.429. The van der Waals surface area contributed by atoms with Crippen molar-refractivity contribution in [2.75, 3.05) is 6.54 Å². The first-order valence-corrected chi connectivity index (χ1v) is 9.07. The molecule has 0 bridgehead atoms. The molecular weight excluding hydrogens is 330 g/mol. The number of rotatable bonds is 6. The average Bonchev–Trinajstić information content (AvgIpc) is 2.93. The Morgan fingerprint density at radius 2 is 1.92 bits per heavy atom. The number of aryl methyl sites for hydroxylation is 2. The summed E-state index contributed by atoms with van der Waals surface area (Å²) in [5.74, 6) is 0.513. The highest BCUT2D eigenvalue weighted by Crippen LogP contribution is 2.28. The van der Waals surface area contributed by atoms with Crippen molar-refractivity contribution in [1.29, 1.82) is 0 Å². The Kier molecular flexibility index (Phi) is 5.16. The van der Waals surface area contributed by atoms with E-state index in [0.29, 0.717) is 35.6 Å². The number of hydrogen-bond donors (Lipinski definition) is 1. The lowest BCUT2D eigenvalue weighted by Gasteiger charge is -2.09. The Balaban J connectivity index is 1.84. The van der Waals surface area contributed by atoms with Gasteiger partial charge in [-0.25, -0.2) is 4.79 Å². The molecule has 0 radical (unpaired) electrons. The molecule has 5 heteroatoms. The zero-order valence-electron chi connectivity index (χ0n) is 15.8. The smallest absolute Gasteiger partial charge is 0.339 e. The first-order chi connectivity index (χ1) is 12.4. The van der Waals surface area contributed by atoms with Crippen molar-refractivity contribution in [1.82, 2.24) is 5.32 Å². The molecule has 0 saturated carbocycles. The van der Waals surface area contributed by atoms with Crippen LogP contribution in [-0.4, -0.2) is 12.5 Å². The summed E-state index contributed by atoms with van der Waals surface area (Å²) in [7, 11) is 0. The quantitative estimate of drug-likeness (QED) is 0.671. The highest BCUT2D eigenvalue weighted by atomic mass is 16.4. The Bertz CT molecular complexity index is 1010. The van der Waals surface area contributed by atoms with Crippen LogP contribution < -0.4 is 10.9 Å². The summed E-state index contributed by atoms with van der Waals surface area (Å²) in [5.41, 5.74) is 3.31. The van der Waals surface area contributed by atoms with Gasteiger partial charge in [-0.05, 0) is 49.8 Å². The van der Waals surface area contributed by atoms with Crippen LogP contribution in [0.1, 0.15) is 43.4 Å². The third kappa shape index (κ3) is 3.66. The van der Waals surface area contributed by atoms with E-state index in [4.69, 9.17) is 8.83 Å². The zero-order chi connectivity index (χ0) is 18.8.